The number of nitrogens with zero attached hydrogens (tertiary/aromatic N) is 1. The van der Waals surface area contributed by atoms with Gasteiger partial charge in [0.2, 0.25) is 5.88 Å². The van der Waals surface area contributed by atoms with Crippen LogP contribution in [0.5, 0.6) is 11.6 Å². The van der Waals surface area contributed by atoms with Crippen LogP contribution in [0.25, 0.3) is 0 Å². The highest BCUT2D eigenvalue weighted by molar-refractivity contribution is 9.10. The number of aliphatic hydroxyl groups is 1. The van der Waals surface area contributed by atoms with Crippen molar-refractivity contribution in [2.75, 3.05) is 0 Å². The van der Waals surface area contributed by atoms with E-state index in [2.05, 4.69) is 20.9 Å². The summed E-state index contributed by atoms with van der Waals surface area (Å²) in [6.07, 6.45) is 1.10. The van der Waals surface area contributed by atoms with Crippen molar-refractivity contribution < 1.29 is 9.84 Å². The Morgan fingerprint density at radius 2 is 2.06 bits per heavy atom. The number of benzene rings is 1. The largest absolute Gasteiger partial charge is 0.438 e. The first-order valence-corrected chi connectivity index (χ1v) is 6.43. The molecule has 18 heavy (non-hydrogen) atoms. The van der Waals surface area contributed by atoms with Gasteiger partial charge in [-0.2, -0.15) is 0 Å². The van der Waals surface area contributed by atoms with Gasteiger partial charge in [0.1, 0.15) is 5.75 Å². The van der Waals surface area contributed by atoms with E-state index in [1.165, 1.54) is 0 Å². The average Bonchev–Trinajstić information content (AvgIpc) is 2.33. The molecule has 0 amide bonds. The van der Waals surface area contributed by atoms with E-state index in [4.69, 9.17) is 4.74 Å². The average molecular weight is 308 g/mol. The van der Waals surface area contributed by atoms with Crippen LogP contribution in [0.15, 0.2) is 41.0 Å². The number of rotatable bonds is 3. The minimum atomic E-state index is -0.516. The van der Waals surface area contributed by atoms with E-state index in [1.807, 2.05) is 25.1 Å². The number of aromatic nitrogens is 1. The van der Waals surface area contributed by atoms with E-state index in [1.54, 1.807) is 25.3 Å². The van der Waals surface area contributed by atoms with Crippen molar-refractivity contribution in [1.82, 2.24) is 4.98 Å². The maximum atomic E-state index is 9.39. The lowest BCUT2D eigenvalue weighted by Gasteiger charge is -2.09. The molecule has 2 aromatic rings. The molecule has 1 atom stereocenters. The fourth-order valence-electron chi connectivity index (χ4n) is 1.50. The predicted molar refractivity (Wildman–Crippen MR) is 73.8 cm³/mol. The van der Waals surface area contributed by atoms with Crippen LogP contribution in [0, 0.1) is 6.92 Å². The molecular weight excluding hydrogens is 294 g/mol. The first kappa shape index (κ1) is 13.1. The lowest BCUT2D eigenvalue weighted by molar-refractivity contribution is 0.198. The SMILES string of the molecule is Cc1ccc(Oc2ccc([C@@H](C)O)cn2)c(Br)c1. The van der Waals surface area contributed by atoms with Crippen molar-refractivity contribution in [2.24, 2.45) is 0 Å². The summed E-state index contributed by atoms with van der Waals surface area (Å²) < 4.78 is 6.55. The van der Waals surface area contributed by atoms with Gasteiger partial charge in [-0.3, -0.25) is 0 Å². The molecule has 0 unspecified atom stereocenters. The van der Waals surface area contributed by atoms with Crippen molar-refractivity contribution in [3.05, 3.63) is 52.1 Å². The molecule has 4 heteroatoms. The van der Waals surface area contributed by atoms with Crippen molar-refractivity contribution in [3.63, 3.8) is 0 Å². The Kier molecular flexibility index (Phi) is 3.99. The standard InChI is InChI=1S/C14H14BrNO2/c1-9-3-5-13(12(15)7-9)18-14-6-4-11(8-16-14)10(2)17/h3-8,10,17H,1-2H3/t10-/m1/s1. The Hall–Kier alpha value is -1.39. The molecule has 2 rings (SSSR count). The summed E-state index contributed by atoms with van der Waals surface area (Å²) in [5.74, 6) is 1.22. The van der Waals surface area contributed by atoms with Gasteiger partial charge >= 0.3 is 0 Å². The third-order valence-electron chi connectivity index (χ3n) is 2.54. The number of ether oxygens (including phenoxy) is 1. The van der Waals surface area contributed by atoms with Gasteiger partial charge in [-0.15, -0.1) is 0 Å². The van der Waals surface area contributed by atoms with E-state index in [0.717, 1.165) is 21.3 Å². The van der Waals surface area contributed by atoms with Crippen LogP contribution >= 0.6 is 15.9 Å². The molecule has 0 aliphatic carbocycles. The summed E-state index contributed by atoms with van der Waals surface area (Å²) in [4.78, 5) is 4.16. The van der Waals surface area contributed by atoms with Crippen molar-refractivity contribution in [1.29, 1.82) is 0 Å². The molecule has 0 saturated carbocycles. The van der Waals surface area contributed by atoms with Gasteiger partial charge in [-0.1, -0.05) is 6.07 Å². The summed E-state index contributed by atoms with van der Waals surface area (Å²) in [5.41, 5.74) is 1.93. The van der Waals surface area contributed by atoms with Crippen molar-refractivity contribution >= 4 is 15.9 Å². The topological polar surface area (TPSA) is 42.4 Å². The maximum absolute atomic E-state index is 9.39. The van der Waals surface area contributed by atoms with Crippen LogP contribution in [0.1, 0.15) is 24.2 Å². The van der Waals surface area contributed by atoms with Crippen LogP contribution in [0.3, 0.4) is 0 Å². The zero-order valence-corrected chi connectivity index (χ0v) is 11.8. The number of pyridine rings is 1. The maximum Gasteiger partial charge on any atom is 0.219 e. The van der Waals surface area contributed by atoms with Crippen molar-refractivity contribution in [3.8, 4) is 11.6 Å². The highest BCUT2D eigenvalue weighted by Crippen LogP contribution is 2.29. The first-order chi connectivity index (χ1) is 8.56. The molecule has 0 aliphatic heterocycles. The van der Waals surface area contributed by atoms with Gasteiger partial charge in [0.05, 0.1) is 10.6 Å². The highest BCUT2D eigenvalue weighted by Gasteiger charge is 2.05. The molecule has 0 bridgehead atoms. The Morgan fingerprint density at radius 3 is 2.61 bits per heavy atom. The normalized spacial score (nSPS) is 12.2. The van der Waals surface area contributed by atoms with Crippen LogP contribution in [0.2, 0.25) is 0 Å². The number of aryl methyl sites for hydroxylation is 1. The number of hydrogen-bond donors (Lipinski definition) is 1. The summed E-state index contributed by atoms with van der Waals surface area (Å²) >= 11 is 3.45. The van der Waals surface area contributed by atoms with E-state index < -0.39 is 6.10 Å². The van der Waals surface area contributed by atoms with E-state index >= 15 is 0 Å². The molecule has 3 nitrogen and oxygen atoms in total. The quantitative estimate of drug-likeness (QED) is 0.932. The van der Waals surface area contributed by atoms with Crippen LogP contribution in [-0.2, 0) is 0 Å². The number of aliphatic hydroxyl groups excluding tert-OH is 1. The smallest absolute Gasteiger partial charge is 0.219 e. The summed E-state index contributed by atoms with van der Waals surface area (Å²) in [5, 5.41) is 9.39. The fraction of sp³-hybridized carbons (Fsp3) is 0.214. The minimum Gasteiger partial charge on any atom is -0.438 e. The van der Waals surface area contributed by atoms with Gasteiger partial charge in [0.25, 0.3) is 0 Å². The van der Waals surface area contributed by atoms with E-state index in [-0.39, 0.29) is 0 Å². The van der Waals surface area contributed by atoms with Crippen LogP contribution in [-0.4, -0.2) is 10.1 Å². The Balaban J connectivity index is 2.18. The summed E-state index contributed by atoms with van der Waals surface area (Å²) in [7, 11) is 0. The molecule has 1 heterocycles. The molecule has 0 saturated heterocycles. The zero-order valence-electron chi connectivity index (χ0n) is 10.2. The second-order valence-corrected chi connectivity index (χ2v) is 5.00. The van der Waals surface area contributed by atoms with Crippen LogP contribution < -0.4 is 4.74 Å². The minimum absolute atomic E-state index is 0.504. The van der Waals surface area contributed by atoms with Crippen molar-refractivity contribution in [2.45, 2.75) is 20.0 Å². The molecule has 0 radical (unpaired) electrons. The number of hydrogen-bond acceptors (Lipinski definition) is 3. The van der Waals surface area contributed by atoms with E-state index in [9.17, 15) is 5.11 Å². The first-order valence-electron chi connectivity index (χ1n) is 5.64. The second-order valence-electron chi connectivity index (χ2n) is 4.14. The summed E-state index contributed by atoms with van der Waals surface area (Å²) in [6, 6.07) is 9.40. The molecule has 1 aromatic heterocycles. The van der Waals surface area contributed by atoms with Gasteiger partial charge in [0, 0.05) is 12.3 Å². The highest BCUT2D eigenvalue weighted by atomic mass is 79.9. The molecule has 0 spiro atoms. The predicted octanol–water partition coefficient (Wildman–Crippen LogP) is 4.00. The van der Waals surface area contributed by atoms with Crippen LogP contribution in [0.4, 0.5) is 0 Å². The third kappa shape index (κ3) is 3.09. The Morgan fingerprint density at radius 1 is 1.28 bits per heavy atom. The lowest BCUT2D eigenvalue weighted by Crippen LogP contribution is -1.94. The van der Waals surface area contributed by atoms with Gasteiger partial charge in [-0.25, -0.2) is 4.98 Å². The second kappa shape index (κ2) is 5.50. The zero-order chi connectivity index (χ0) is 13.1. The fourth-order valence-corrected chi connectivity index (χ4v) is 2.07. The van der Waals surface area contributed by atoms with Gasteiger partial charge in [-0.05, 0) is 59.1 Å². The molecular formula is C14H14BrNO2. The number of halogens is 1. The monoisotopic (exact) mass is 307 g/mol. The Bertz CT molecular complexity index is 538. The summed E-state index contributed by atoms with van der Waals surface area (Å²) in [6.45, 7) is 3.72. The molecule has 0 aliphatic rings. The third-order valence-corrected chi connectivity index (χ3v) is 3.16. The van der Waals surface area contributed by atoms with Gasteiger partial charge in [0.15, 0.2) is 0 Å². The molecule has 0 fully saturated rings. The molecule has 94 valence electrons. The molecule has 1 aromatic carbocycles. The molecule has 1 N–H and O–H groups in total. The Labute approximate surface area is 115 Å². The van der Waals surface area contributed by atoms with E-state index in [0.29, 0.717) is 5.88 Å². The van der Waals surface area contributed by atoms with Gasteiger partial charge < -0.3 is 9.84 Å². The lowest BCUT2D eigenvalue weighted by atomic mass is 10.2.